The van der Waals surface area contributed by atoms with Gasteiger partial charge in [0.15, 0.2) is 5.82 Å². The van der Waals surface area contributed by atoms with Crippen LogP contribution in [0.4, 0.5) is 5.69 Å². The normalized spacial score (nSPS) is 21.4. The Morgan fingerprint density at radius 2 is 1.72 bits per heavy atom. The number of aliphatic imine (C=N–C) groups is 1. The van der Waals surface area contributed by atoms with Crippen LogP contribution in [0.2, 0.25) is 0 Å². The van der Waals surface area contributed by atoms with Gasteiger partial charge >= 0.3 is 0 Å². The summed E-state index contributed by atoms with van der Waals surface area (Å²) in [6.45, 7) is 12.5. The molecule has 1 amide bonds. The van der Waals surface area contributed by atoms with Crippen molar-refractivity contribution in [3.05, 3.63) is 81.2 Å². The average molecular weight is 696 g/mol. The molecule has 3 aliphatic heterocycles. The summed E-state index contributed by atoms with van der Waals surface area (Å²) in [5.74, 6) is 2.34. The standard InChI is InChI=1S/C39H53N9OS/c1-5-32-36-45-44-27(4)48(36)38-34(25(2)26(3)50-38)35(43-32)28-12-14-30(15-13-28)46-22-19-39(20-23-46)18-9-21-47(24-39)33(41)17-16-31(40)37(49)42-29-10-7-6-8-11-29/h12-17,29,32H,5-11,18-24,40-41H2,1-4H3,(H,42,49)/b31-16-,33-17+. The van der Waals surface area contributed by atoms with Gasteiger partial charge in [-0.2, -0.15) is 0 Å². The molecule has 1 atom stereocenters. The number of carbonyl (C=O) groups is 1. The molecule has 2 aromatic heterocycles. The topological polar surface area (TPSA) is 131 Å². The van der Waals surface area contributed by atoms with Crippen LogP contribution in [0.25, 0.3) is 5.00 Å². The first-order valence-corrected chi connectivity index (χ1v) is 19.4. The number of hydrogen-bond donors (Lipinski definition) is 3. The molecule has 4 aliphatic rings. The predicted molar refractivity (Wildman–Crippen MR) is 203 cm³/mol. The van der Waals surface area contributed by atoms with Crippen LogP contribution in [0.3, 0.4) is 0 Å². The molecule has 5 heterocycles. The lowest BCUT2D eigenvalue weighted by Crippen LogP contribution is -2.50. The van der Waals surface area contributed by atoms with Gasteiger partial charge in [0.05, 0.1) is 17.2 Å². The number of aromatic nitrogens is 3. The van der Waals surface area contributed by atoms with Crippen molar-refractivity contribution in [1.29, 1.82) is 0 Å². The van der Waals surface area contributed by atoms with Gasteiger partial charge in [-0.25, -0.2) is 0 Å². The summed E-state index contributed by atoms with van der Waals surface area (Å²) in [4.78, 5) is 24.1. The molecule has 3 aromatic rings. The van der Waals surface area contributed by atoms with Crippen LogP contribution >= 0.6 is 11.3 Å². The number of hydrogen-bond acceptors (Lipinski definition) is 9. The van der Waals surface area contributed by atoms with Crippen molar-refractivity contribution >= 4 is 28.6 Å². The van der Waals surface area contributed by atoms with Gasteiger partial charge < -0.3 is 26.6 Å². The van der Waals surface area contributed by atoms with E-state index in [4.69, 9.17) is 16.5 Å². The highest BCUT2D eigenvalue weighted by Crippen LogP contribution is 2.42. The van der Waals surface area contributed by atoms with Crippen molar-refractivity contribution in [3.8, 4) is 5.00 Å². The Hall–Kier alpha value is -4.12. The molecule has 7 rings (SSSR count). The maximum atomic E-state index is 12.6. The van der Waals surface area contributed by atoms with E-state index in [2.05, 4.69) is 74.9 Å². The number of nitrogens with two attached hydrogens (primary N) is 2. The summed E-state index contributed by atoms with van der Waals surface area (Å²) < 4.78 is 2.22. The molecular formula is C39H53N9OS. The van der Waals surface area contributed by atoms with Crippen LogP contribution in [0.15, 0.2) is 52.9 Å². The highest BCUT2D eigenvalue weighted by atomic mass is 32.1. The van der Waals surface area contributed by atoms with E-state index in [0.29, 0.717) is 5.82 Å². The quantitative estimate of drug-likeness (QED) is 0.195. The second-order valence-corrected chi connectivity index (χ2v) is 16.1. The number of rotatable bonds is 7. The molecule has 266 valence electrons. The van der Waals surface area contributed by atoms with E-state index in [-0.39, 0.29) is 29.1 Å². The Bertz CT molecular complexity index is 1800. The number of aryl methyl sites for hydroxylation is 2. The Balaban J connectivity index is 1.01. The number of piperidine rings is 2. The van der Waals surface area contributed by atoms with Crippen molar-refractivity contribution in [3.63, 3.8) is 0 Å². The molecule has 1 unspecified atom stereocenters. The lowest BCUT2D eigenvalue weighted by atomic mass is 9.72. The number of likely N-dealkylation sites (tertiary alicyclic amines) is 1. The molecule has 0 radical (unpaired) electrons. The zero-order valence-electron chi connectivity index (χ0n) is 30.2. The third-order valence-corrected chi connectivity index (χ3v) is 12.8. The molecule has 1 aromatic carbocycles. The summed E-state index contributed by atoms with van der Waals surface area (Å²) in [5.41, 5.74) is 19.1. The fourth-order valence-electron chi connectivity index (χ4n) is 8.44. The molecule has 11 heteroatoms. The van der Waals surface area contributed by atoms with Gasteiger partial charge in [0.25, 0.3) is 5.91 Å². The van der Waals surface area contributed by atoms with E-state index < -0.39 is 0 Å². The fourth-order valence-corrected chi connectivity index (χ4v) is 9.65. The Kier molecular flexibility index (Phi) is 9.78. The molecule has 3 fully saturated rings. The molecule has 5 N–H and O–H groups in total. The molecule has 1 saturated carbocycles. The summed E-state index contributed by atoms with van der Waals surface area (Å²) in [7, 11) is 0. The number of carbonyl (C=O) groups excluding carboxylic acids is 1. The van der Waals surface area contributed by atoms with Gasteiger partial charge in [-0.05, 0) is 101 Å². The van der Waals surface area contributed by atoms with Gasteiger partial charge in [-0.3, -0.25) is 14.4 Å². The van der Waals surface area contributed by atoms with E-state index in [1.807, 2.05) is 13.0 Å². The van der Waals surface area contributed by atoms with Crippen LogP contribution in [-0.2, 0) is 4.79 Å². The van der Waals surface area contributed by atoms with Crippen LogP contribution < -0.4 is 21.7 Å². The summed E-state index contributed by atoms with van der Waals surface area (Å²) in [6.07, 6.45) is 14.6. The minimum absolute atomic E-state index is 0.0403. The van der Waals surface area contributed by atoms with Gasteiger partial charge in [0, 0.05) is 53.9 Å². The Morgan fingerprint density at radius 3 is 2.44 bits per heavy atom. The van der Waals surface area contributed by atoms with Gasteiger partial charge in [-0.1, -0.05) is 38.3 Å². The molecule has 2 saturated heterocycles. The summed E-state index contributed by atoms with van der Waals surface area (Å²) in [5, 5.41) is 13.3. The van der Waals surface area contributed by atoms with Gasteiger partial charge in [0.1, 0.15) is 16.9 Å². The highest BCUT2D eigenvalue weighted by molar-refractivity contribution is 7.15. The van der Waals surface area contributed by atoms with Crippen LogP contribution in [0.1, 0.15) is 110 Å². The van der Waals surface area contributed by atoms with E-state index in [0.717, 1.165) is 87.6 Å². The minimum Gasteiger partial charge on any atom is -0.394 e. The first-order chi connectivity index (χ1) is 24.2. The number of allylic oxidation sites excluding steroid dienone is 2. The maximum Gasteiger partial charge on any atom is 0.267 e. The van der Waals surface area contributed by atoms with Crippen LogP contribution in [0, 0.1) is 26.2 Å². The van der Waals surface area contributed by atoms with Crippen molar-refractivity contribution < 1.29 is 4.79 Å². The number of fused-ring (bicyclic) bond motifs is 3. The average Bonchev–Trinajstić information content (AvgIpc) is 3.61. The van der Waals surface area contributed by atoms with Gasteiger partial charge in [0.2, 0.25) is 0 Å². The SMILES string of the molecule is CCC1N=C(c2ccc(N3CCC4(CCCN(/C(N)=C/C=C(\N)C(=O)NC5CCCCC5)C4)CC3)cc2)c2c(sc(C)c2C)-n2c(C)nnc21. The molecule has 0 bridgehead atoms. The van der Waals surface area contributed by atoms with E-state index in [9.17, 15) is 4.79 Å². The maximum absolute atomic E-state index is 12.6. The first kappa shape index (κ1) is 34.3. The van der Waals surface area contributed by atoms with Crippen LogP contribution in [-0.4, -0.2) is 63.5 Å². The number of nitrogens with zero attached hydrogens (tertiary/aromatic N) is 6. The lowest BCUT2D eigenvalue weighted by molar-refractivity contribution is -0.118. The second kappa shape index (κ2) is 14.2. The zero-order chi connectivity index (χ0) is 35.0. The van der Waals surface area contributed by atoms with Crippen molar-refractivity contribution in [2.24, 2.45) is 21.9 Å². The molecule has 1 aliphatic carbocycles. The Labute approximate surface area is 300 Å². The minimum atomic E-state index is -0.189. The fraction of sp³-hybridized carbons (Fsp3) is 0.538. The smallest absolute Gasteiger partial charge is 0.267 e. The number of amides is 1. The van der Waals surface area contributed by atoms with E-state index in [1.54, 1.807) is 17.4 Å². The third kappa shape index (κ3) is 6.68. The summed E-state index contributed by atoms with van der Waals surface area (Å²) >= 11 is 1.81. The number of thiophene rings is 1. The largest absolute Gasteiger partial charge is 0.394 e. The molecular weight excluding hydrogens is 643 g/mol. The van der Waals surface area contributed by atoms with Crippen molar-refractivity contribution in [2.45, 2.75) is 104 Å². The number of anilines is 1. The molecule has 50 heavy (non-hydrogen) atoms. The second-order valence-electron chi connectivity index (χ2n) is 14.9. The van der Waals surface area contributed by atoms with Crippen molar-refractivity contribution in [2.75, 3.05) is 31.1 Å². The van der Waals surface area contributed by atoms with Crippen molar-refractivity contribution in [1.82, 2.24) is 25.0 Å². The highest BCUT2D eigenvalue weighted by Gasteiger charge is 2.39. The molecule has 10 nitrogen and oxygen atoms in total. The van der Waals surface area contributed by atoms with E-state index >= 15 is 0 Å². The third-order valence-electron chi connectivity index (χ3n) is 11.6. The number of benzene rings is 1. The lowest BCUT2D eigenvalue weighted by Gasteiger charge is -2.48. The number of nitrogens with one attached hydrogen (secondary N) is 1. The summed E-state index contributed by atoms with van der Waals surface area (Å²) in [6, 6.07) is 9.25. The predicted octanol–water partition coefficient (Wildman–Crippen LogP) is 6.33. The monoisotopic (exact) mass is 695 g/mol. The zero-order valence-corrected chi connectivity index (χ0v) is 31.0. The van der Waals surface area contributed by atoms with E-state index in [1.165, 1.54) is 52.4 Å². The molecule has 1 spiro atoms. The Morgan fingerprint density at radius 1 is 0.980 bits per heavy atom. The van der Waals surface area contributed by atoms with Gasteiger partial charge in [-0.15, -0.1) is 21.5 Å². The first-order valence-electron chi connectivity index (χ1n) is 18.6. The van der Waals surface area contributed by atoms with Crippen LogP contribution in [0.5, 0.6) is 0 Å².